The highest BCUT2D eigenvalue weighted by molar-refractivity contribution is 7.11. The van der Waals surface area contributed by atoms with Crippen molar-refractivity contribution in [2.24, 2.45) is 5.92 Å². The number of rotatable bonds is 7. The summed E-state index contributed by atoms with van der Waals surface area (Å²) in [5, 5.41) is 6.62. The Balaban J connectivity index is 1.45. The summed E-state index contributed by atoms with van der Waals surface area (Å²) in [6.45, 7) is 2.30. The molecule has 24 heavy (non-hydrogen) atoms. The number of anilines is 1. The summed E-state index contributed by atoms with van der Waals surface area (Å²) >= 11 is 1.55. The summed E-state index contributed by atoms with van der Waals surface area (Å²) in [4.78, 5) is 28.7. The van der Waals surface area contributed by atoms with E-state index in [1.54, 1.807) is 41.8 Å². The quantitative estimate of drug-likeness (QED) is 0.808. The van der Waals surface area contributed by atoms with Crippen molar-refractivity contribution in [1.82, 2.24) is 10.3 Å². The fourth-order valence-corrected chi connectivity index (χ4v) is 2.86. The molecule has 1 aromatic heterocycles. The normalized spacial score (nSPS) is 13.4. The summed E-state index contributed by atoms with van der Waals surface area (Å²) in [6, 6.07) is 7.07. The van der Waals surface area contributed by atoms with Crippen LogP contribution in [0.5, 0.6) is 5.75 Å². The minimum absolute atomic E-state index is 0.0461. The standard InChI is InChI=1S/C17H19N3O3S/c1-11-18-8-15(24-11)9-19-16(21)10-23-14-4-2-3-13(7-14)20-17(22)12-5-6-12/h2-4,7-8,12H,5-6,9-10H2,1H3,(H,19,21)(H,20,22). The molecule has 0 saturated heterocycles. The summed E-state index contributed by atoms with van der Waals surface area (Å²) in [5.74, 6) is 0.543. The Bertz CT molecular complexity index is 740. The van der Waals surface area contributed by atoms with Gasteiger partial charge in [-0.25, -0.2) is 4.98 Å². The topological polar surface area (TPSA) is 80.3 Å². The zero-order chi connectivity index (χ0) is 16.9. The van der Waals surface area contributed by atoms with E-state index in [9.17, 15) is 9.59 Å². The molecule has 0 bridgehead atoms. The predicted molar refractivity (Wildman–Crippen MR) is 92.0 cm³/mol. The number of hydrogen-bond donors (Lipinski definition) is 2. The van der Waals surface area contributed by atoms with E-state index in [1.165, 1.54) is 0 Å². The number of thiazole rings is 1. The van der Waals surface area contributed by atoms with E-state index in [-0.39, 0.29) is 24.3 Å². The minimum Gasteiger partial charge on any atom is -0.484 e. The van der Waals surface area contributed by atoms with Crippen molar-refractivity contribution < 1.29 is 14.3 Å². The molecule has 0 radical (unpaired) electrons. The Morgan fingerprint density at radius 2 is 2.21 bits per heavy atom. The molecule has 1 heterocycles. The van der Waals surface area contributed by atoms with Crippen molar-refractivity contribution in [1.29, 1.82) is 0 Å². The average molecular weight is 345 g/mol. The fraction of sp³-hybridized carbons (Fsp3) is 0.353. The first-order valence-electron chi connectivity index (χ1n) is 7.82. The van der Waals surface area contributed by atoms with E-state index in [2.05, 4.69) is 15.6 Å². The van der Waals surface area contributed by atoms with Gasteiger partial charge in [-0.1, -0.05) is 6.07 Å². The molecule has 7 heteroatoms. The van der Waals surface area contributed by atoms with Crippen LogP contribution in [0.25, 0.3) is 0 Å². The van der Waals surface area contributed by atoms with Crippen LogP contribution in [0.15, 0.2) is 30.5 Å². The maximum atomic E-state index is 11.8. The third kappa shape index (κ3) is 4.79. The molecule has 0 atom stereocenters. The van der Waals surface area contributed by atoms with Crippen molar-refractivity contribution in [3.8, 4) is 5.75 Å². The lowest BCUT2D eigenvalue weighted by Crippen LogP contribution is -2.28. The predicted octanol–water partition coefficient (Wildman–Crippen LogP) is 2.50. The van der Waals surface area contributed by atoms with Gasteiger partial charge in [-0.15, -0.1) is 11.3 Å². The van der Waals surface area contributed by atoms with Crippen molar-refractivity contribution in [2.75, 3.05) is 11.9 Å². The van der Waals surface area contributed by atoms with Crippen molar-refractivity contribution in [3.05, 3.63) is 40.3 Å². The van der Waals surface area contributed by atoms with E-state index in [0.717, 1.165) is 22.7 Å². The van der Waals surface area contributed by atoms with Crippen molar-refractivity contribution in [3.63, 3.8) is 0 Å². The van der Waals surface area contributed by atoms with Crippen LogP contribution in [-0.4, -0.2) is 23.4 Å². The second-order valence-electron chi connectivity index (χ2n) is 5.70. The molecular formula is C17H19N3O3S. The molecule has 2 aromatic rings. The van der Waals surface area contributed by atoms with Crippen LogP contribution in [0, 0.1) is 12.8 Å². The van der Waals surface area contributed by atoms with E-state index >= 15 is 0 Å². The molecule has 1 fully saturated rings. The van der Waals surface area contributed by atoms with E-state index in [4.69, 9.17) is 4.74 Å². The molecule has 3 rings (SSSR count). The molecule has 2 amide bonds. The van der Waals surface area contributed by atoms with Gasteiger partial charge in [0.05, 0.1) is 11.6 Å². The van der Waals surface area contributed by atoms with Crippen LogP contribution < -0.4 is 15.4 Å². The summed E-state index contributed by atoms with van der Waals surface area (Å²) in [6.07, 6.45) is 3.68. The molecule has 2 N–H and O–H groups in total. The molecule has 0 unspecified atom stereocenters. The smallest absolute Gasteiger partial charge is 0.258 e. The van der Waals surface area contributed by atoms with Gasteiger partial charge in [0.1, 0.15) is 5.75 Å². The van der Waals surface area contributed by atoms with Crippen LogP contribution in [-0.2, 0) is 16.1 Å². The monoisotopic (exact) mass is 345 g/mol. The van der Waals surface area contributed by atoms with Crippen LogP contribution in [0.3, 0.4) is 0 Å². The largest absolute Gasteiger partial charge is 0.484 e. The summed E-state index contributed by atoms with van der Waals surface area (Å²) in [7, 11) is 0. The van der Waals surface area contributed by atoms with E-state index in [0.29, 0.717) is 18.0 Å². The number of aromatic nitrogens is 1. The highest BCUT2D eigenvalue weighted by atomic mass is 32.1. The van der Waals surface area contributed by atoms with Gasteiger partial charge in [0, 0.05) is 28.7 Å². The Hall–Kier alpha value is -2.41. The van der Waals surface area contributed by atoms with Crippen LogP contribution in [0.4, 0.5) is 5.69 Å². The molecule has 6 nitrogen and oxygen atoms in total. The third-order valence-corrected chi connectivity index (χ3v) is 4.46. The number of carbonyl (C=O) groups excluding carboxylic acids is 2. The van der Waals surface area contributed by atoms with E-state index < -0.39 is 0 Å². The highest BCUT2D eigenvalue weighted by Crippen LogP contribution is 2.30. The molecule has 126 valence electrons. The average Bonchev–Trinajstić information content (AvgIpc) is 3.34. The zero-order valence-electron chi connectivity index (χ0n) is 13.4. The maximum Gasteiger partial charge on any atom is 0.258 e. The molecule has 1 saturated carbocycles. The molecule has 1 aliphatic rings. The Morgan fingerprint density at radius 1 is 1.38 bits per heavy atom. The lowest BCUT2D eigenvalue weighted by molar-refractivity contribution is -0.123. The van der Waals surface area contributed by atoms with Gasteiger partial charge in [0.2, 0.25) is 5.91 Å². The Morgan fingerprint density at radius 3 is 2.92 bits per heavy atom. The lowest BCUT2D eigenvalue weighted by atomic mass is 10.3. The summed E-state index contributed by atoms with van der Waals surface area (Å²) < 4.78 is 5.48. The zero-order valence-corrected chi connectivity index (χ0v) is 14.2. The highest BCUT2D eigenvalue weighted by Gasteiger charge is 2.29. The number of nitrogens with zero attached hydrogens (tertiary/aromatic N) is 1. The first-order valence-corrected chi connectivity index (χ1v) is 8.63. The van der Waals surface area contributed by atoms with Crippen molar-refractivity contribution in [2.45, 2.75) is 26.3 Å². The number of amides is 2. The number of nitrogens with one attached hydrogen (secondary N) is 2. The Kier molecular flexibility index (Phi) is 5.10. The summed E-state index contributed by atoms with van der Waals surface area (Å²) in [5.41, 5.74) is 0.685. The number of hydrogen-bond acceptors (Lipinski definition) is 5. The van der Waals surface area contributed by atoms with Crippen LogP contribution in [0.2, 0.25) is 0 Å². The van der Waals surface area contributed by atoms with Gasteiger partial charge >= 0.3 is 0 Å². The Labute approximate surface area is 144 Å². The van der Waals surface area contributed by atoms with Gasteiger partial charge in [-0.05, 0) is 31.9 Å². The van der Waals surface area contributed by atoms with Crippen LogP contribution in [0.1, 0.15) is 22.7 Å². The number of ether oxygens (including phenoxy) is 1. The molecular weight excluding hydrogens is 326 g/mol. The van der Waals surface area contributed by atoms with Gasteiger partial charge in [-0.3, -0.25) is 9.59 Å². The van der Waals surface area contributed by atoms with Gasteiger partial charge in [0.25, 0.3) is 5.91 Å². The van der Waals surface area contributed by atoms with E-state index in [1.807, 2.05) is 6.92 Å². The van der Waals surface area contributed by atoms with Crippen molar-refractivity contribution >= 4 is 28.8 Å². The lowest BCUT2D eigenvalue weighted by Gasteiger charge is -2.09. The minimum atomic E-state index is -0.200. The second kappa shape index (κ2) is 7.44. The first-order chi connectivity index (χ1) is 11.6. The van der Waals surface area contributed by atoms with Gasteiger partial charge < -0.3 is 15.4 Å². The van der Waals surface area contributed by atoms with Gasteiger partial charge in [0.15, 0.2) is 6.61 Å². The molecule has 0 spiro atoms. The number of benzene rings is 1. The number of aryl methyl sites for hydroxylation is 1. The number of carbonyl (C=O) groups is 2. The third-order valence-electron chi connectivity index (χ3n) is 3.55. The molecule has 0 aliphatic heterocycles. The maximum absolute atomic E-state index is 11.8. The first kappa shape index (κ1) is 16.4. The molecule has 1 aromatic carbocycles. The molecule has 1 aliphatic carbocycles. The van der Waals surface area contributed by atoms with Crippen LogP contribution >= 0.6 is 11.3 Å². The second-order valence-corrected chi connectivity index (χ2v) is 7.02. The fourth-order valence-electron chi connectivity index (χ4n) is 2.13. The van der Waals surface area contributed by atoms with Gasteiger partial charge in [-0.2, -0.15) is 0 Å². The SMILES string of the molecule is Cc1ncc(CNC(=O)COc2cccc(NC(=O)C3CC3)c2)s1.